The number of hydrogen-bond acceptors (Lipinski definition) is 3. The molecular formula is C14H13ClNO2. The Morgan fingerprint density at radius 1 is 1.22 bits per heavy atom. The number of hydrogen-bond donors (Lipinski definition) is 0. The third-order valence-corrected chi connectivity index (χ3v) is 3.28. The van der Waals surface area contributed by atoms with E-state index in [2.05, 4.69) is 4.98 Å². The zero-order chi connectivity index (χ0) is 12.4. The lowest BCUT2D eigenvalue weighted by atomic mass is 9.89. The van der Waals surface area contributed by atoms with Crippen molar-refractivity contribution >= 4 is 11.6 Å². The zero-order valence-electron chi connectivity index (χ0n) is 9.80. The zero-order valence-corrected chi connectivity index (χ0v) is 10.6. The first-order chi connectivity index (χ1) is 8.86. The molecule has 0 bridgehead atoms. The van der Waals surface area contributed by atoms with Gasteiger partial charge in [-0.25, -0.2) is 4.98 Å². The summed E-state index contributed by atoms with van der Waals surface area (Å²) in [4.78, 5) is 4.11. The fourth-order valence-electron chi connectivity index (χ4n) is 2.14. The number of halogens is 1. The fourth-order valence-corrected chi connectivity index (χ4v) is 2.36. The predicted molar refractivity (Wildman–Crippen MR) is 68.0 cm³/mol. The molecule has 2 fully saturated rings. The van der Waals surface area contributed by atoms with Gasteiger partial charge in [-0.2, -0.15) is 0 Å². The summed E-state index contributed by atoms with van der Waals surface area (Å²) < 4.78 is 11.3. The van der Waals surface area contributed by atoms with Crippen LogP contribution in [0.2, 0.25) is 5.15 Å². The van der Waals surface area contributed by atoms with Crippen LogP contribution in [0.4, 0.5) is 0 Å². The number of pyridine rings is 1. The first-order valence-corrected chi connectivity index (χ1v) is 6.34. The maximum atomic E-state index is 6.13. The van der Waals surface area contributed by atoms with Crippen LogP contribution in [-0.4, -0.2) is 24.5 Å². The Balaban J connectivity index is 1.80. The van der Waals surface area contributed by atoms with Gasteiger partial charge in [-0.15, -0.1) is 0 Å². The van der Waals surface area contributed by atoms with Crippen LogP contribution in [0.25, 0.3) is 0 Å². The van der Waals surface area contributed by atoms with Crippen LogP contribution >= 0.6 is 11.6 Å². The van der Waals surface area contributed by atoms with Crippen molar-refractivity contribution in [3.05, 3.63) is 60.1 Å². The Morgan fingerprint density at radius 2 is 2.06 bits per heavy atom. The van der Waals surface area contributed by atoms with Crippen LogP contribution in [0.15, 0.2) is 18.3 Å². The van der Waals surface area contributed by atoms with Gasteiger partial charge >= 0.3 is 0 Å². The summed E-state index contributed by atoms with van der Waals surface area (Å²) in [5, 5.41) is 0.501. The lowest BCUT2D eigenvalue weighted by Crippen LogP contribution is -2.32. The molecule has 1 saturated heterocycles. The highest BCUT2D eigenvalue weighted by atomic mass is 35.5. The Bertz CT molecular complexity index is 407. The van der Waals surface area contributed by atoms with Gasteiger partial charge < -0.3 is 9.47 Å². The largest absolute Gasteiger partial charge is 0.352 e. The molecule has 1 aromatic rings. The van der Waals surface area contributed by atoms with Crippen LogP contribution in [0.3, 0.4) is 0 Å². The highest BCUT2D eigenvalue weighted by Gasteiger charge is 2.39. The summed E-state index contributed by atoms with van der Waals surface area (Å²) in [5.74, 6) is 2.05. The summed E-state index contributed by atoms with van der Waals surface area (Å²) in [6, 6.07) is 3.83. The molecule has 0 spiro atoms. The van der Waals surface area contributed by atoms with E-state index in [4.69, 9.17) is 21.1 Å². The van der Waals surface area contributed by atoms with Gasteiger partial charge in [0.05, 0.1) is 13.2 Å². The maximum absolute atomic E-state index is 6.13. The van der Waals surface area contributed by atoms with Crippen molar-refractivity contribution in [3.63, 3.8) is 0 Å². The van der Waals surface area contributed by atoms with Gasteiger partial charge in [0, 0.05) is 18.0 Å². The molecule has 1 aromatic heterocycles. The summed E-state index contributed by atoms with van der Waals surface area (Å²) in [5.41, 5.74) is 0.914. The highest BCUT2D eigenvalue weighted by molar-refractivity contribution is 6.30. The smallest absolute Gasteiger partial charge is 0.165 e. The second-order valence-electron chi connectivity index (χ2n) is 4.16. The minimum atomic E-state index is -0.292. The molecule has 1 aliphatic carbocycles. The Labute approximate surface area is 112 Å². The first kappa shape index (κ1) is 12.4. The molecule has 4 heteroatoms. The minimum Gasteiger partial charge on any atom is -0.352 e. The van der Waals surface area contributed by atoms with E-state index in [1.807, 2.05) is 31.4 Å². The van der Waals surface area contributed by atoms with E-state index < -0.39 is 0 Å². The molecule has 2 aliphatic rings. The summed E-state index contributed by atoms with van der Waals surface area (Å²) in [6.07, 6.45) is 8.34. The van der Waals surface area contributed by atoms with Gasteiger partial charge in [0.2, 0.25) is 0 Å². The van der Waals surface area contributed by atoms with Gasteiger partial charge in [-0.3, -0.25) is 0 Å². The molecule has 0 aromatic carbocycles. The molecule has 18 heavy (non-hydrogen) atoms. The molecule has 0 N–H and O–H groups in total. The average molecular weight is 263 g/mol. The predicted octanol–water partition coefficient (Wildman–Crippen LogP) is 2.62. The standard InChI is InChI=1S/C14H13ClNO2/c15-13-11(6-2-7-16-13)10-4-1-5-12(10)14-17-8-3-9-18-14/h1-2,4-7,14H,3,8-9H2. The molecule has 3 nitrogen and oxygen atoms in total. The van der Waals surface area contributed by atoms with Crippen molar-refractivity contribution in [1.29, 1.82) is 0 Å². The Morgan fingerprint density at radius 3 is 2.83 bits per heavy atom. The third-order valence-electron chi connectivity index (χ3n) is 2.98. The second-order valence-corrected chi connectivity index (χ2v) is 4.52. The van der Waals surface area contributed by atoms with Crippen molar-refractivity contribution in [3.8, 4) is 0 Å². The van der Waals surface area contributed by atoms with Gasteiger partial charge in [0.1, 0.15) is 5.15 Å². The SMILES string of the molecule is Clc1ncccc1[C]1[CH][CH][CH][C]1C1OCCCO1. The molecule has 3 rings (SSSR count). The van der Waals surface area contributed by atoms with E-state index in [1.54, 1.807) is 6.20 Å². The van der Waals surface area contributed by atoms with Crippen molar-refractivity contribution < 1.29 is 9.47 Å². The molecule has 5 radical (unpaired) electrons. The normalized spacial score (nSPS) is 23.6. The quantitative estimate of drug-likeness (QED) is 0.768. The van der Waals surface area contributed by atoms with Crippen LogP contribution in [0.1, 0.15) is 12.0 Å². The van der Waals surface area contributed by atoms with E-state index in [0.29, 0.717) is 5.15 Å². The van der Waals surface area contributed by atoms with Crippen molar-refractivity contribution in [2.45, 2.75) is 12.7 Å². The van der Waals surface area contributed by atoms with Crippen LogP contribution in [0.5, 0.6) is 0 Å². The molecule has 0 amide bonds. The molecule has 1 aliphatic heterocycles. The second kappa shape index (κ2) is 5.55. The molecule has 2 heterocycles. The van der Waals surface area contributed by atoms with Crippen molar-refractivity contribution in [1.82, 2.24) is 4.98 Å². The molecular weight excluding hydrogens is 250 g/mol. The highest BCUT2D eigenvalue weighted by Crippen LogP contribution is 2.43. The molecule has 0 unspecified atom stereocenters. The topological polar surface area (TPSA) is 31.4 Å². The van der Waals surface area contributed by atoms with Crippen molar-refractivity contribution in [2.24, 2.45) is 0 Å². The van der Waals surface area contributed by atoms with E-state index in [9.17, 15) is 0 Å². The summed E-state index contributed by atoms with van der Waals surface area (Å²) in [6.45, 7) is 1.46. The minimum absolute atomic E-state index is 0.292. The number of rotatable bonds is 2. The monoisotopic (exact) mass is 262 g/mol. The van der Waals surface area contributed by atoms with Crippen LogP contribution < -0.4 is 0 Å². The number of aromatic nitrogens is 1. The average Bonchev–Trinajstić information content (AvgIpc) is 2.89. The van der Waals surface area contributed by atoms with E-state index in [-0.39, 0.29) is 6.29 Å². The van der Waals surface area contributed by atoms with E-state index in [0.717, 1.165) is 37.0 Å². The number of nitrogens with zero attached hydrogens (tertiary/aromatic N) is 1. The fraction of sp³-hybridized carbons (Fsp3) is 0.286. The Hall–Kier alpha value is -0.640. The van der Waals surface area contributed by atoms with Gasteiger partial charge in [0.25, 0.3) is 0 Å². The maximum Gasteiger partial charge on any atom is 0.165 e. The van der Waals surface area contributed by atoms with Gasteiger partial charge in [0.15, 0.2) is 6.29 Å². The Kier molecular flexibility index (Phi) is 3.83. The molecule has 0 atom stereocenters. The third kappa shape index (κ3) is 2.40. The summed E-state index contributed by atoms with van der Waals surface area (Å²) >= 11 is 6.13. The molecule has 1 saturated carbocycles. The first-order valence-electron chi connectivity index (χ1n) is 5.96. The van der Waals surface area contributed by atoms with Gasteiger partial charge in [-0.1, -0.05) is 17.7 Å². The van der Waals surface area contributed by atoms with Gasteiger partial charge in [-0.05, 0) is 37.3 Å². The number of ether oxygens (including phenoxy) is 2. The van der Waals surface area contributed by atoms with Crippen molar-refractivity contribution in [2.75, 3.05) is 13.2 Å². The van der Waals surface area contributed by atoms with E-state index >= 15 is 0 Å². The van der Waals surface area contributed by atoms with Crippen LogP contribution in [-0.2, 0) is 9.47 Å². The lowest BCUT2D eigenvalue weighted by Gasteiger charge is -2.30. The summed E-state index contributed by atoms with van der Waals surface area (Å²) in [7, 11) is 0. The molecule has 93 valence electrons. The van der Waals surface area contributed by atoms with E-state index in [1.165, 1.54) is 0 Å². The lowest BCUT2D eigenvalue weighted by molar-refractivity contribution is -0.165. The van der Waals surface area contributed by atoms with Crippen LogP contribution in [0, 0.1) is 31.1 Å².